The van der Waals surface area contributed by atoms with Gasteiger partial charge in [-0.25, -0.2) is 4.98 Å². The second kappa shape index (κ2) is 9.90. The van der Waals surface area contributed by atoms with Crippen LogP contribution >= 0.6 is 11.6 Å². The number of aromatic nitrogens is 1. The van der Waals surface area contributed by atoms with Crippen LogP contribution in [0.5, 0.6) is 0 Å². The Hall–Kier alpha value is -0.960. The lowest BCUT2D eigenvalue weighted by Gasteiger charge is -2.40. The predicted molar refractivity (Wildman–Crippen MR) is 94.4 cm³/mol. The summed E-state index contributed by atoms with van der Waals surface area (Å²) in [4.78, 5) is 3.90. The summed E-state index contributed by atoms with van der Waals surface area (Å²) < 4.78 is 21.5. The summed E-state index contributed by atoms with van der Waals surface area (Å²) in [5, 5.41) is 59.4. The van der Waals surface area contributed by atoms with Gasteiger partial charge in [-0.1, -0.05) is 17.7 Å². The summed E-state index contributed by atoms with van der Waals surface area (Å²) in [5.41, 5.74) is 0.644. The molecule has 11 nitrogen and oxygen atoms in total. The predicted octanol–water partition coefficient (Wildman–Crippen LogP) is -2.49. The van der Waals surface area contributed by atoms with E-state index in [0.717, 1.165) is 0 Å². The van der Waals surface area contributed by atoms with Crippen molar-refractivity contribution in [3.8, 4) is 0 Å². The molecule has 3 heterocycles. The molecule has 2 aliphatic heterocycles. The van der Waals surface area contributed by atoms with Gasteiger partial charge < -0.3 is 49.6 Å². The summed E-state index contributed by atoms with van der Waals surface area (Å²) in [6.07, 6.45) is -10.5. The molecule has 0 saturated carbocycles. The second-order valence-electron chi connectivity index (χ2n) is 6.85. The SMILES string of the molecule is OC[C@H]1O[C@@H](OC[C@H]2O[C@@H](OCc3ccc(Cl)nc3)[C@H](O)[C@@H](O)[C@@H]2O)[C@H](O)[C@@H]1O. The Bertz CT molecular complexity index is 652. The van der Waals surface area contributed by atoms with Gasteiger partial charge in [-0.05, 0) is 11.6 Å². The van der Waals surface area contributed by atoms with Gasteiger partial charge in [-0.15, -0.1) is 0 Å². The maximum atomic E-state index is 10.1. The van der Waals surface area contributed by atoms with Crippen molar-refractivity contribution in [3.63, 3.8) is 0 Å². The molecule has 2 saturated heterocycles. The Labute approximate surface area is 171 Å². The number of aliphatic hydroxyl groups is 6. The quantitative estimate of drug-likeness (QED) is 0.249. The third-order valence-corrected chi connectivity index (χ3v) is 5.02. The minimum atomic E-state index is -1.57. The number of hydrogen-bond donors (Lipinski definition) is 6. The third kappa shape index (κ3) is 5.21. The van der Waals surface area contributed by atoms with Crippen LogP contribution in [0.25, 0.3) is 0 Å². The first kappa shape index (κ1) is 22.7. The van der Waals surface area contributed by atoms with Gasteiger partial charge in [0.25, 0.3) is 0 Å². The summed E-state index contributed by atoms with van der Waals surface area (Å²) in [6, 6.07) is 3.23. The Morgan fingerprint density at radius 1 is 0.862 bits per heavy atom. The number of pyridine rings is 1. The molecule has 29 heavy (non-hydrogen) atoms. The maximum Gasteiger partial charge on any atom is 0.187 e. The van der Waals surface area contributed by atoms with E-state index in [1.807, 2.05) is 0 Å². The zero-order valence-corrected chi connectivity index (χ0v) is 15.9. The highest BCUT2D eigenvalue weighted by Crippen LogP contribution is 2.26. The number of hydrogen-bond acceptors (Lipinski definition) is 11. The van der Waals surface area contributed by atoms with Crippen LogP contribution in [0.2, 0.25) is 5.15 Å². The molecule has 0 radical (unpaired) electrons. The van der Waals surface area contributed by atoms with Gasteiger partial charge in [0.1, 0.15) is 47.9 Å². The van der Waals surface area contributed by atoms with Gasteiger partial charge in [-0.3, -0.25) is 0 Å². The van der Waals surface area contributed by atoms with Gasteiger partial charge in [0.15, 0.2) is 12.6 Å². The molecular weight excluding hydrogens is 414 g/mol. The van der Waals surface area contributed by atoms with E-state index in [-0.39, 0.29) is 13.2 Å². The lowest BCUT2D eigenvalue weighted by atomic mass is 9.99. The zero-order valence-electron chi connectivity index (χ0n) is 15.2. The van der Waals surface area contributed by atoms with Gasteiger partial charge >= 0.3 is 0 Å². The van der Waals surface area contributed by atoms with Gasteiger partial charge in [-0.2, -0.15) is 0 Å². The van der Waals surface area contributed by atoms with Crippen molar-refractivity contribution < 1.29 is 49.6 Å². The van der Waals surface area contributed by atoms with Crippen molar-refractivity contribution in [2.75, 3.05) is 13.2 Å². The van der Waals surface area contributed by atoms with Crippen LogP contribution in [0.4, 0.5) is 0 Å². The summed E-state index contributed by atoms with van der Waals surface area (Å²) in [6.45, 7) is -0.863. The molecule has 0 amide bonds. The Kier molecular flexibility index (Phi) is 7.75. The number of rotatable bonds is 7. The molecular formula is C17H24ClNO10. The molecule has 3 rings (SSSR count). The van der Waals surface area contributed by atoms with E-state index >= 15 is 0 Å². The van der Waals surface area contributed by atoms with E-state index in [1.165, 1.54) is 6.20 Å². The van der Waals surface area contributed by atoms with E-state index in [9.17, 15) is 25.5 Å². The van der Waals surface area contributed by atoms with Crippen molar-refractivity contribution in [1.29, 1.82) is 0 Å². The molecule has 0 bridgehead atoms. The van der Waals surface area contributed by atoms with Crippen molar-refractivity contribution in [2.45, 2.75) is 61.9 Å². The molecule has 0 aliphatic carbocycles. The third-order valence-electron chi connectivity index (χ3n) is 4.79. The van der Waals surface area contributed by atoms with Crippen LogP contribution in [0, 0.1) is 0 Å². The normalized spacial score (nSPS) is 40.3. The minimum Gasteiger partial charge on any atom is -0.394 e. The van der Waals surface area contributed by atoms with Crippen LogP contribution in [0.15, 0.2) is 18.3 Å². The summed E-state index contributed by atoms with van der Waals surface area (Å²) in [7, 11) is 0. The fraction of sp³-hybridized carbons (Fsp3) is 0.706. The maximum absolute atomic E-state index is 10.1. The molecule has 0 unspecified atom stereocenters. The molecule has 0 spiro atoms. The monoisotopic (exact) mass is 437 g/mol. The van der Waals surface area contributed by atoms with Crippen LogP contribution in [-0.2, 0) is 25.6 Å². The Balaban J connectivity index is 1.56. The molecule has 12 heteroatoms. The lowest BCUT2D eigenvalue weighted by molar-refractivity contribution is -0.312. The van der Waals surface area contributed by atoms with Crippen LogP contribution < -0.4 is 0 Å². The number of nitrogens with zero attached hydrogens (tertiary/aromatic N) is 1. The number of halogens is 1. The van der Waals surface area contributed by atoms with Crippen LogP contribution in [0.3, 0.4) is 0 Å². The molecule has 1 aromatic heterocycles. The van der Waals surface area contributed by atoms with Gasteiger partial charge in [0, 0.05) is 6.20 Å². The van der Waals surface area contributed by atoms with Crippen molar-refractivity contribution >= 4 is 11.6 Å². The first-order valence-electron chi connectivity index (χ1n) is 8.97. The molecule has 0 aromatic carbocycles. The minimum absolute atomic E-state index is 0.00287. The van der Waals surface area contributed by atoms with Gasteiger partial charge in [0.05, 0.1) is 19.8 Å². The largest absolute Gasteiger partial charge is 0.394 e. The van der Waals surface area contributed by atoms with Crippen LogP contribution in [0.1, 0.15) is 5.56 Å². The second-order valence-corrected chi connectivity index (χ2v) is 7.24. The fourth-order valence-electron chi connectivity index (χ4n) is 3.05. The first-order chi connectivity index (χ1) is 13.8. The number of aliphatic hydroxyl groups excluding tert-OH is 6. The van der Waals surface area contributed by atoms with E-state index in [1.54, 1.807) is 12.1 Å². The number of ether oxygens (including phenoxy) is 4. The molecule has 1 aromatic rings. The highest BCUT2D eigenvalue weighted by molar-refractivity contribution is 6.29. The smallest absolute Gasteiger partial charge is 0.187 e. The van der Waals surface area contributed by atoms with Crippen LogP contribution in [-0.4, -0.2) is 104 Å². The molecule has 164 valence electrons. The first-order valence-corrected chi connectivity index (χ1v) is 9.35. The standard InChI is InChI=1S/C17H24ClNO10/c18-10-2-1-7(3-19-10)5-26-17-15(25)13(23)12(22)9(29-17)6-27-16-14(24)11(21)8(4-20)28-16/h1-3,8-9,11-17,20-25H,4-6H2/t8-,9-,11-,12-,13+,14-,15-,16-,17-/m1/s1. The Morgan fingerprint density at radius 3 is 2.10 bits per heavy atom. The Morgan fingerprint density at radius 2 is 1.48 bits per heavy atom. The average molecular weight is 438 g/mol. The molecule has 6 N–H and O–H groups in total. The van der Waals surface area contributed by atoms with Crippen molar-refractivity contribution in [1.82, 2.24) is 4.98 Å². The lowest BCUT2D eigenvalue weighted by Crippen LogP contribution is -2.59. The van der Waals surface area contributed by atoms with Crippen molar-refractivity contribution in [2.24, 2.45) is 0 Å². The average Bonchev–Trinajstić information content (AvgIpc) is 3.00. The topological polar surface area (TPSA) is 171 Å². The molecule has 2 aliphatic rings. The molecule has 2 fully saturated rings. The van der Waals surface area contributed by atoms with E-state index in [2.05, 4.69) is 4.98 Å². The fourth-order valence-corrected chi connectivity index (χ4v) is 3.17. The highest BCUT2D eigenvalue weighted by Gasteiger charge is 2.47. The van der Waals surface area contributed by atoms with E-state index in [4.69, 9.17) is 35.7 Å². The van der Waals surface area contributed by atoms with E-state index in [0.29, 0.717) is 10.7 Å². The van der Waals surface area contributed by atoms with Crippen molar-refractivity contribution in [3.05, 3.63) is 29.0 Å². The molecule has 9 atom stereocenters. The highest BCUT2D eigenvalue weighted by atomic mass is 35.5. The zero-order chi connectivity index (χ0) is 21.1. The summed E-state index contributed by atoms with van der Waals surface area (Å²) in [5.74, 6) is 0. The van der Waals surface area contributed by atoms with Gasteiger partial charge in [0.2, 0.25) is 0 Å². The summed E-state index contributed by atoms with van der Waals surface area (Å²) >= 11 is 5.72. The van der Waals surface area contributed by atoms with E-state index < -0.39 is 61.9 Å².